The molecule has 0 saturated carbocycles. The smallest absolute Gasteiger partial charge is 0.316 e. The van der Waals surface area contributed by atoms with Crippen LogP contribution in [0.5, 0.6) is 0 Å². The second-order valence-corrected chi connectivity index (χ2v) is 3.17. The summed E-state index contributed by atoms with van der Waals surface area (Å²) in [4.78, 5) is 22.6. The van der Waals surface area contributed by atoms with Gasteiger partial charge in [0.05, 0.1) is 0 Å². The quantitative estimate of drug-likeness (QED) is 0.505. The molecule has 0 aromatic carbocycles. The Balaban J connectivity index is 2.84. The Bertz CT molecular complexity index is 405. The van der Waals surface area contributed by atoms with Crippen molar-refractivity contribution in [2.45, 2.75) is 13.0 Å². The van der Waals surface area contributed by atoms with E-state index in [1.54, 1.807) is 19.4 Å². The zero-order chi connectivity index (χ0) is 10.6. The van der Waals surface area contributed by atoms with E-state index >= 15 is 0 Å². The molecule has 1 heterocycles. The highest BCUT2D eigenvalue weighted by atomic mass is 16.2. The van der Waals surface area contributed by atoms with Crippen molar-refractivity contribution < 1.29 is 0 Å². The molecule has 0 bridgehead atoms. The van der Waals surface area contributed by atoms with Crippen molar-refractivity contribution in [3.05, 3.63) is 33.1 Å². The Morgan fingerprint density at radius 1 is 1.29 bits per heavy atom. The third kappa shape index (κ3) is 2.32. The molecule has 0 amide bonds. The summed E-state index contributed by atoms with van der Waals surface area (Å²) in [7, 11) is 3.43. The topological polar surface area (TPSA) is 56.0 Å². The van der Waals surface area contributed by atoms with E-state index in [2.05, 4.69) is 5.32 Å². The molecule has 1 rings (SSSR count). The summed E-state index contributed by atoms with van der Waals surface area (Å²) in [5.74, 6) is 0. The third-order valence-electron chi connectivity index (χ3n) is 2.06. The first kappa shape index (κ1) is 10.7. The Kier molecular flexibility index (Phi) is 3.64. The SMILES string of the molecule is CNCCCn1ccn(C)c(=O)c1=O. The molecular formula is C9H15N3O2. The van der Waals surface area contributed by atoms with Gasteiger partial charge in [-0.2, -0.15) is 0 Å². The molecule has 0 fully saturated rings. The van der Waals surface area contributed by atoms with E-state index in [1.165, 1.54) is 9.13 Å². The lowest BCUT2D eigenvalue weighted by Crippen LogP contribution is -2.39. The second-order valence-electron chi connectivity index (χ2n) is 3.17. The summed E-state index contributed by atoms with van der Waals surface area (Å²) in [5.41, 5.74) is -0.928. The summed E-state index contributed by atoms with van der Waals surface area (Å²) in [6.45, 7) is 1.41. The van der Waals surface area contributed by atoms with Crippen LogP contribution in [0.15, 0.2) is 22.0 Å². The van der Waals surface area contributed by atoms with Crippen LogP contribution >= 0.6 is 0 Å². The number of hydrogen-bond donors (Lipinski definition) is 1. The first-order valence-corrected chi connectivity index (χ1v) is 4.57. The molecular weight excluding hydrogens is 182 g/mol. The van der Waals surface area contributed by atoms with Gasteiger partial charge in [-0.1, -0.05) is 0 Å². The van der Waals surface area contributed by atoms with Gasteiger partial charge in [0.1, 0.15) is 0 Å². The normalized spacial score (nSPS) is 10.4. The maximum Gasteiger partial charge on any atom is 0.316 e. The molecule has 5 heteroatoms. The van der Waals surface area contributed by atoms with Crippen LogP contribution < -0.4 is 16.4 Å². The lowest BCUT2D eigenvalue weighted by Gasteiger charge is -2.05. The van der Waals surface area contributed by atoms with Crippen molar-refractivity contribution >= 4 is 0 Å². The summed E-state index contributed by atoms with van der Waals surface area (Å²) in [5, 5.41) is 2.98. The fourth-order valence-electron chi connectivity index (χ4n) is 1.19. The number of nitrogens with one attached hydrogen (secondary N) is 1. The molecule has 5 nitrogen and oxygen atoms in total. The molecule has 78 valence electrons. The van der Waals surface area contributed by atoms with Crippen LogP contribution in [-0.4, -0.2) is 22.7 Å². The van der Waals surface area contributed by atoms with Crippen LogP contribution in [0.2, 0.25) is 0 Å². The van der Waals surface area contributed by atoms with Crippen LogP contribution in [-0.2, 0) is 13.6 Å². The zero-order valence-electron chi connectivity index (χ0n) is 8.49. The lowest BCUT2D eigenvalue weighted by atomic mass is 10.4. The molecule has 0 saturated heterocycles. The zero-order valence-corrected chi connectivity index (χ0v) is 8.49. The van der Waals surface area contributed by atoms with Crippen molar-refractivity contribution in [3.8, 4) is 0 Å². The van der Waals surface area contributed by atoms with Crippen LogP contribution in [0.3, 0.4) is 0 Å². The van der Waals surface area contributed by atoms with Crippen LogP contribution in [0, 0.1) is 0 Å². The van der Waals surface area contributed by atoms with E-state index in [1.807, 2.05) is 7.05 Å². The molecule has 0 aliphatic heterocycles. The first-order valence-electron chi connectivity index (χ1n) is 4.57. The van der Waals surface area contributed by atoms with E-state index in [4.69, 9.17) is 0 Å². The Labute approximate surface area is 82.0 Å². The van der Waals surface area contributed by atoms with E-state index in [9.17, 15) is 9.59 Å². The molecule has 1 aromatic heterocycles. The molecule has 0 aliphatic carbocycles. The van der Waals surface area contributed by atoms with Gasteiger partial charge in [-0.3, -0.25) is 9.59 Å². The van der Waals surface area contributed by atoms with Gasteiger partial charge in [-0.25, -0.2) is 0 Å². The lowest BCUT2D eigenvalue weighted by molar-refractivity contribution is 0.581. The predicted octanol–water partition coefficient (Wildman–Crippen LogP) is -0.844. The number of hydrogen-bond acceptors (Lipinski definition) is 3. The minimum Gasteiger partial charge on any atom is -0.320 e. The van der Waals surface area contributed by atoms with E-state index in [-0.39, 0.29) is 0 Å². The largest absolute Gasteiger partial charge is 0.320 e. The fraction of sp³-hybridized carbons (Fsp3) is 0.556. The van der Waals surface area contributed by atoms with Gasteiger partial charge < -0.3 is 14.5 Å². The van der Waals surface area contributed by atoms with Crippen LogP contribution in [0.4, 0.5) is 0 Å². The van der Waals surface area contributed by atoms with Gasteiger partial charge in [0.2, 0.25) is 0 Å². The third-order valence-corrected chi connectivity index (χ3v) is 2.06. The van der Waals surface area contributed by atoms with Crippen LogP contribution in [0.25, 0.3) is 0 Å². The van der Waals surface area contributed by atoms with Crippen molar-refractivity contribution in [3.63, 3.8) is 0 Å². The van der Waals surface area contributed by atoms with Crippen molar-refractivity contribution in [1.82, 2.24) is 14.5 Å². The minimum absolute atomic E-state index is 0.453. The maximum absolute atomic E-state index is 11.4. The molecule has 0 unspecified atom stereocenters. The molecule has 0 atom stereocenters. The molecule has 1 aromatic rings. The second kappa shape index (κ2) is 4.76. The summed E-state index contributed by atoms with van der Waals surface area (Å²) in [6, 6.07) is 0. The van der Waals surface area contributed by atoms with E-state index in [0.29, 0.717) is 6.54 Å². The Hall–Kier alpha value is -1.36. The van der Waals surface area contributed by atoms with Gasteiger partial charge in [-0.15, -0.1) is 0 Å². The first-order chi connectivity index (χ1) is 6.66. The fourth-order valence-corrected chi connectivity index (χ4v) is 1.19. The maximum atomic E-state index is 11.4. The van der Waals surface area contributed by atoms with Gasteiger partial charge in [0.15, 0.2) is 0 Å². The molecule has 0 aliphatic rings. The molecule has 0 radical (unpaired) electrons. The highest BCUT2D eigenvalue weighted by Gasteiger charge is 2.00. The van der Waals surface area contributed by atoms with Gasteiger partial charge in [0.25, 0.3) is 0 Å². The van der Waals surface area contributed by atoms with Crippen LogP contribution in [0.1, 0.15) is 6.42 Å². The minimum atomic E-state index is -0.475. The molecule has 0 spiro atoms. The van der Waals surface area contributed by atoms with Gasteiger partial charge >= 0.3 is 11.1 Å². The van der Waals surface area contributed by atoms with Gasteiger partial charge in [-0.05, 0) is 20.0 Å². The standard InChI is InChI=1S/C9H15N3O2/c1-10-4-3-5-12-7-6-11(2)8(13)9(12)14/h6-7,10H,3-5H2,1-2H3. The average molecular weight is 197 g/mol. The van der Waals surface area contributed by atoms with E-state index < -0.39 is 11.1 Å². The Morgan fingerprint density at radius 2 is 2.00 bits per heavy atom. The van der Waals surface area contributed by atoms with Crippen molar-refractivity contribution in [1.29, 1.82) is 0 Å². The average Bonchev–Trinajstić information content (AvgIpc) is 2.18. The van der Waals surface area contributed by atoms with Gasteiger partial charge in [0, 0.05) is 26.0 Å². The highest BCUT2D eigenvalue weighted by Crippen LogP contribution is 1.83. The summed E-state index contributed by atoms with van der Waals surface area (Å²) >= 11 is 0. The number of aromatic nitrogens is 2. The van der Waals surface area contributed by atoms with Crippen molar-refractivity contribution in [2.75, 3.05) is 13.6 Å². The number of aryl methyl sites for hydroxylation is 2. The summed E-state index contributed by atoms with van der Waals surface area (Å²) in [6.07, 6.45) is 4.08. The number of rotatable bonds is 4. The number of nitrogens with zero attached hydrogens (tertiary/aromatic N) is 2. The Morgan fingerprint density at radius 3 is 2.64 bits per heavy atom. The van der Waals surface area contributed by atoms with E-state index in [0.717, 1.165) is 13.0 Å². The molecule has 1 N–H and O–H groups in total. The molecule has 14 heavy (non-hydrogen) atoms. The highest BCUT2D eigenvalue weighted by molar-refractivity contribution is 4.84. The van der Waals surface area contributed by atoms with Crippen molar-refractivity contribution in [2.24, 2.45) is 7.05 Å². The monoisotopic (exact) mass is 197 g/mol. The predicted molar refractivity (Wildman–Crippen MR) is 54.5 cm³/mol. The summed E-state index contributed by atoms with van der Waals surface area (Å²) < 4.78 is 2.73.